The van der Waals surface area contributed by atoms with E-state index in [1.54, 1.807) is 11.3 Å². The highest BCUT2D eigenvalue weighted by Gasteiger charge is 2.06. The van der Waals surface area contributed by atoms with Crippen molar-refractivity contribution >= 4 is 11.3 Å². The molecule has 0 fully saturated rings. The summed E-state index contributed by atoms with van der Waals surface area (Å²) in [5.41, 5.74) is 9.16. The van der Waals surface area contributed by atoms with Crippen molar-refractivity contribution in [1.82, 2.24) is 4.98 Å². The second kappa shape index (κ2) is 4.55. The molecule has 0 spiro atoms. The molecule has 0 saturated carbocycles. The van der Waals surface area contributed by atoms with Crippen molar-refractivity contribution in [2.75, 3.05) is 6.54 Å². The van der Waals surface area contributed by atoms with E-state index < -0.39 is 0 Å². The molecule has 0 amide bonds. The van der Waals surface area contributed by atoms with Gasteiger partial charge in [0.05, 0.1) is 10.7 Å². The van der Waals surface area contributed by atoms with E-state index in [0.29, 0.717) is 6.54 Å². The van der Waals surface area contributed by atoms with Crippen LogP contribution in [0.2, 0.25) is 0 Å². The van der Waals surface area contributed by atoms with Crippen LogP contribution in [0.25, 0.3) is 11.3 Å². The van der Waals surface area contributed by atoms with Crippen molar-refractivity contribution in [3.8, 4) is 11.3 Å². The fourth-order valence-corrected chi connectivity index (χ4v) is 2.24. The van der Waals surface area contributed by atoms with Gasteiger partial charge in [0, 0.05) is 10.9 Å². The smallest absolute Gasteiger partial charge is 0.0901 e. The van der Waals surface area contributed by atoms with Gasteiger partial charge < -0.3 is 5.73 Å². The van der Waals surface area contributed by atoms with Crippen LogP contribution in [-0.4, -0.2) is 11.5 Å². The molecule has 0 saturated heterocycles. The predicted molar refractivity (Wildman–Crippen MR) is 65.0 cm³/mol. The number of nitrogens with zero attached hydrogens (tertiary/aromatic N) is 1. The van der Waals surface area contributed by atoms with Crippen LogP contribution in [0.5, 0.6) is 0 Å². The molecule has 2 N–H and O–H groups in total. The second-order valence-corrected chi connectivity index (χ2v) is 4.51. The van der Waals surface area contributed by atoms with Crippen molar-refractivity contribution in [1.29, 1.82) is 0 Å². The molecular formula is C12H14N2S. The van der Waals surface area contributed by atoms with E-state index in [-0.39, 0.29) is 0 Å². The average molecular weight is 218 g/mol. The third kappa shape index (κ3) is 2.25. The highest BCUT2D eigenvalue weighted by atomic mass is 32.1. The van der Waals surface area contributed by atoms with Crippen molar-refractivity contribution in [2.45, 2.75) is 13.3 Å². The molecule has 1 aromatic carbocycles. The number of hydrogen-bond acceptors (Lipinski definition) is 3. The van der Waals surface area contributed by atoms with Gasteiger partial charge in [-0.1, -0.05) is 24.3 Å². The minimum absolute atomic E-state index is 0.681. The molecule has 2 rings (SSSR count). The van der Waals surface area contributed by atoms with Gasteiger partial charge in [0.15, 0.2) is 0 Å². The summed E-state index contributed by atoms with van der Waals surface area (Å²) in [7, 11) is 0. The van der Waals surface area contributed by atoms with Crippen LogP contribution in [0, 0.1) is 6.92 Å². The normalized spacial score (nSPS) is 10.5. The van der Waals surface area contributed by atoms with Gasteiger partial charge in [-0.3, -0.25) is 0 Å². The minimum Gasteiger partial charge on any atom is -0.330 e. The summed E-state index contributed by atoms with van der Waals surface area (Å²) in [5.74, 6) is 0. The first-order chi connectivity index (χ1) is 7.31. The van der Waals surface area contributed by atoms with E-state index in [0.717, 1.165) is 17.1 Å². The first-order valence-corrected chi connectivity index (χ1v) is 5.89. The van der Waals surface area contributed by atoms with E-state index in [1.165, 1.54) is 11.1 Å². The van der Waals surface area contributed by atoms with Crippen LogP contribution in [0.1, 0.15) is 10.6 Å². The van der Waals surface area contributed by atoms with Gasteiger partial charge in [-0.25, -0.2) is 4.98 Å². The van der Waals surface area contributed by atoms with Gasteiger partial charge in [-0.15, -0.1) is 11.3 Å². The maximum Gasteiger partial charge on any atom is 0.0901 e. The standard InChI is InChI=1S/C12H14N2S/c1-9-14-12(8-15-9)11-5-3-2-4-10(11)6-7-13/h2-5,8H,6-7,13H2,1H3. The molecule has 0 aliphatic rings. The van der Waals surface area contributed by atoms with Gasteiger partial charge in [-0.2, -0.15) is 0 Å². The summed E-state index contributed by atoms with van der Waals surface area (Å²) in [6.45, 7) is 2.71. The monoisotopic (exact) mass is 218 g/mol. The van der Waals surface area contributed by atoms with E-state index >= 15 is 0 Å². The molecule has 2 aromatic rings. The van der Waals surface area contributed by atoms with Gasteiger partial charge in [0.25, 0.3) is 0 Å². The fraction of sp³-hybridized carbons (Fsp3) is 0.250. The molecule has 0 unspecified atom stereocenters. The summed E-state index contributed by atoms with van der Waals surface area (Å²) >= 11 is 1.68. The number of rotatable bonds is 3. The Bertz CT molecular complexity index is 448. The SMILES string of the molecule is Cc1nc(-c2ccccc2CCN)cs1. The fourth-order valence-electron chi connectivity index (χ4n) is 1.63. The third-order valence-electron chi connectivity index (χ3n) is 2.33. The maximum absolute atomic E-state index is 5.59. The Balaban J connectivity index is 2.42. The molecule has 15 heavy (non-hydrogen) atoms. The minimum atomic E-state index is 0.681. The quantitative estimate of drug-likeness (QED) is 0.860. The zero-order valence-electron chi connectivity index (χ0n) is 8.73. The van der Waals surface area contributed by atoms with Crippen LogP contribution in [0.15, 0.2) is 29.6 Å². The van der Waals surface area contributed by atoms with Crippen molar-refractivity contribution in [3.63, 3.8) is 0 Å². The predicted octanol–water partition coefficient (Wildman–Crippen LogP) is 2.62. The van der Waals surface area contributed by atoms with E-state index in [4.69, 9.17) is 5.73 Å². The Morgan fingerprint density at radius 1 is 1.33 bits per heavy atom. The van der Waals surface area contributed by atoms with E-state index in [9.17, 15) is 0 Å². The van der Waals surface area contributed by atoms with Crippen molar-refractivity contribution < 1.29 is 0 Å². The third-order valence-corrected chi connectivity index (χ3v) is 3.10. The number of thiazole rings is 1. The molecule has 2 nitrogen and oxygen atoms in total. The van der Waals surface area contributed by atoms with E-state index in [2.05, 4.69) is 22.5 Å². The summed E-state index contributed by atoms with van der Waals surface area (Å²) in [6, 6.07) is 8.33. The number of hydrogen-bond donors (Lipinski definition) is 1. The zero-order valence-corrected chi connectivity index (χ0v) is 9.55. The van der Waals surface area contributed by atoms with Gasteiger partial charge >= 0.3 is 0 Å². The topological polar surface area (TPSA) is 38.9 Å². The molecule has 1 heterocycles. The Kier molecular flexibility index (Phi) is 3.14. The van der Waals surface area contributed by atoms with Gasteiger partial charge in [0.1, 0.15) is 0 Å². The van der Waals surface area contributed by atoms with Crippen LogP contribution in [0.3, 0.4) is 0 Å². The number of nitrogens with two attached hydrogens (primary N) is 1. The molecule has 0 aliphatic carbocycles. The maximum atomic E-state index is 5.59. The highest BCUT2D eigenvalue weighted by Crippen LogP contribution is 2.25. The Morgan fingerprint density at radius 2 is 2.13 bits per heavy atom. The summed E-state index contributed by atoms with van der Waals surface area (Å²) in [5, 5.41) is 3.21. The summed E-state index contributed by atoms with van der Waals surface area (Å²) in [4.78, 5) is 4.50. The molecular weight excluding hydrogens is 204 g/mol. The van der Waals surface area contributed by atoms with E-state index in [1.807, 2.05) is 19.1 Å². The van der Waals surface area contributed by atoms with Crippen LogP contribution in [0.4, 0.5) is 0 Å². The van der Waals surface area contributed by atoms with Crippen LogP contribution < -0.4 is 5.73 Å². The lowest BCUT2D eigenvalue weighted by molar-refractivity contribution is 0.969. The molecule has 0 atom stereocenters. The lowest BCUT2D eigenvalue weighted by atomic mass is 10.0. The molecule has 0 bridgehead atoms. The molecule has 78 valence electrons. The lowest BCUT2D eigenvalue weighted by Crippen LogP contribution is -2.03. The summed E-state index contributed by atoms with van der Waals surface area (Å²) in [6.07, 6.45) is 0.909. The second-order valence-electron chi connectivity index (χ2n) is 3.45. The zero-order chi connectivity index (χ0) is 10.7. The number of benzene rings is 1. The highest BCUT2D eigenvalue weighted by molar-refractivity contribution is 7.09. The summed E-state index contributed by atoms with van der Waals surface area (Å²) < 4.78 is 0. The molecule has 1 aromatic heterocycles. The molecule has 0 radical (unpaired) electrons. The largest absolute Gasteiger partial charge is 0.330 e. The lowest BCUT2D eigenvalue weighted by Gasteiger charge is -2.05. The Labute approximate surface area is 93.8 Å². The Morgan fingerprint density at radius 3 is 2.80 bits per heavy atom. The van der Waals surface area contributed by atoms with Crippen LogP contribution in [-0.2, 0) is 6.42 Å². The van der Waals surface area contributed by atoms with Crippen molar-refractivity contribution in [2.24, 2.45) is 5.73 Å². The Hall–Kier alpha value is -1.19. The first kappa shape index (κ1) is 10.3. The van der Waals surface area contributed by atoms with Crippen molar-refractivity contribution in [3.05, 3.63) is 40.2 Å². The first-order valence-electron chi connectivity index (χ1n) is 5.01. The number of aryl methyl sites for hydroxylation is 1. The number of aromatic nitrogens is 1. The van der Waals surface area contributed by atoms with Gasteiger partial charge in [-0.05, 0) is 25.5 Å². The molecule has 0 aliphatic heterocycles. The van der Waals surface area contributed by atoms with Gasteiger partial charge in [0.2, 0.25) is 0 Å². The van der Waals surface area contributed by atoms with Crippen LogP contribution >= 0.6 is 11.3 Å². The average Bonchev–Trinajstić information content (AvgIpc) is 2.66. The molecule has 3 heteroatoms.